The van der Waals surface area contributed by atoms with Gasteiger partial charge in [0.2, 0.25) is 5.91 Å². The molecule has 1 aliphatic heterocycles. The Bertz CT molecular complexity index is 327. The van der Waals surface area contributed by atoms with Crippen LogP contribution in [0, 0.1) is 0 Å². The van der Waals surface area contributed by atoms with Crippen LogP contribution in [0.5, 0.6) is 0 Å². The molecule has 5 nitrogen and oxygen atoms in total. The highest BCUT2D eigenvalue weighted by atomic mass is 16.2. The van der Waals surface area contributed by atoms with Crippen LogP contribution in [0.2, 0.25) is 0 Å². The molecular weight excluding hydrogens is 180 g/mol. The summed E-state index contributed by atoms with van der Waals surface area (Å²) in [5, 5.41) is 5.99. The highest BCUT2D eigenvalue weighted by molar-refractivity contribution is 5.77. The van der Waals surface area contributed by atoms with Crippen molar-refractivity contribution in [3.63, 3.8) is 0 Å². The van der Waals surface area contributed by atoms with Crippen molar-refractivity contribution in [1.82, 2.24) is 20.6 Å². The second-order valence-corrected chi connectivity index (χ2v) is 3.38. The maximum atomic E-state index is 11.3. The van der Waals surface area contributed by atoms with Gasteiger partial charge in [-0.1, -0.05) is 0 Å². The summed E-state index contributed by atoms with van der Waals surface area (Å²) >= 11 is 0. The lowest BCUT2D eigenvalue weighted by molar-refractivity contribution is -0.124. The smallest absolute Gasteiger partial charge is 0.223 e. The average molecular weight is 192 g/mol. The second kappa shape index (κ2) is 3.71. The number of rotatable bonds is 1. The topological polar surface area (TPSA) is 66.9 Å². The van der Waals surface area contributed by atoms with Gasteiger partial charge in [0.25, 0.3) is 0 Å². The highest BCUT2D eigenvalue weighted by Gasteiger charge is 2.25. The predicted octanol–water partition coefficient (Wildman–Crippen LogP) is -0.0268. The summed E-state index contributed by atoms with van der Waals surface area (Å²) in [4.78, 5) is 19.4. The first-order chi connectivity index (χ1) is 6.75. The quantitative estimate of drug-likeness (QED) is 0.656. The Morgan fingerprint density at radius 3 is 2.79 bits per heavy atom. The van der Waals surface area contributed by atoms with Crippen molar-refractivity contribution in [3.8, 4) is 0 Å². The molecular formula is C9H12N4O. The van der Waals surface area contributed by atoms with Crippen LogP contribution in [0.1, 0.15) is 25.3 Å². The minimum absolute atomic E-state index is 0.0358. The van der Waals surface area contributed by atoms with Gasteiger partial charge in [0, 0.05) is 24.9 Å². The molecule has 0 bridgehead atoms. The van der Waals surface area contributed by atoms with Gasteiger partial charge >= 0.3 is 0 Å². The lowest BCUT2D eigenvalue weighted by Crippen LogP contribution is -2.50. The molecule has 0 saturated carbocycles. The zero-order valence-electron chi connectivity index (χ0n) is 7.90. The van der Waals surface area contributed by atoms with E-state index >= 15 is 0 Å². The molecule has 1 aromatic heterocycles. The van der Waals surface area contributed by atoms with Crippen molar-refractivity contribution in [2.24, 2.45) is 0 Å². The van der Waals surface area contributed by atoms with Crippen LogP contribution in [-0.4, -0.2) is 21.9 Å². The van der Waals surface area contributed by atoms with Gasteiger partial charge in [-0.3, -0.25) is 10.1 Å². The molecule has 0 aliphatic carbocycles. The maximum Gasteiger partial charge on any atom is 0.223 e. The molecule has 1 amide bonds. The molecule has 0 aromatic carbocycles. The summed E-state index contributed by atoms with van der Waals surface area (Å²) in [5.74, 6) is 0.640. The minimum Gasteiger partial charge on any atom is -0.334 e. The summed E-state index contributed by atoms with van der Waals surface area (Å²) in [7, 11) is 0. The Labute approximate surface area is 82.0 Å². The fraction of sp³-hybridized carbons (Fsp3) is 0.444. The van der Waals surface area contributed by atoms with Crippen LogP contribution in [-0.2, 0) is 4.79 Å². The van der Waals surface area contributed by atoms with Crippen LogP contribution in [0.15, 0.2) is 18.5 Å². The highest BCUT2D eigenvalue weighted by Crippen LogP contribution is 2.10. The van der Waals surface area contributed by atoms with Gasteiger partial charge in [0.05, 0.1) is 0 Å². The third-order valence-corrected chi connectivity index (χ3v) is 2.09. The first-order valence-electron chi connectivity index (χ1n) is 4.58. The molecule has 2 N–H and O–H groups in total. The van der Waals surface area contributed by atoms with E-state index in [0.717, 1.165) is 0 Å². The molecule has 2 heterocycles. The maximum absolute atomic E-state index is 11.3. The van der Waals surface area contributed by atoms with Crippen LogP contribution in [0.25, 0.3) is 0 Å². The van der Waals surface area contributed by atoms with E-state index in [1.54, 1.807) is 18.5 Å². The van der Waals surface area contributed by atoms with E-state index in [-0.39, 0.29) is 18.1 Å². The van der Waals surface area contributed by atoms with E-state index in [9.17, 15) is 4.79 Å². The Balaban J connectivity index is 2.15. The first kappa shape index (κ1) is 9.08. The van der Waals surface area contributed by atoms with Gasteiger partial charge < -0.3 is 5.32 Å². The van der Waals surface area contributed by atoms with Crippen molar-refractivity contribution >= 4 is 5.91 Å². The fourth-order valence-corrected chi connectivity index (χ4v) is 1.48. The van der Waals surface area contributed by atoms with E-state index in [4.69, 9.17) is 0 Å². The van der Waals surface area contributed by atoms with Gasteiger partial charge in [-0.05, 0) is 13.0 Å². The Morgan fingerprint density at radius 1 is 1.43 bits per heavy atom. The van der Waals surface area contributed by atoms with Crippen molar-refractivity contribution in [1.29, 1.82) is 0 Å². The summed E-state index contributed by atoms with van der Waals surface area (Å²) in [5.41, 5.74) is 0. The van der Waals surface area contributed by atoms with Gasteiger partial charge in [0.1, 0.15) is 6.17 Å². The van der Waals surface area contributed by atoms with Crippen LogP contribution >= 0.6 is 0 Å². The normalized spacial score (nSPS) is 27.1. The monoisotopic (exact) mass is 192 g/mol. The zero-order chi connectivity index (χ0) is 9.97. The molecule has 5 heteroatoms. The number of aromatic nitrogens is 2. The molecule has 14 heavy (non-hydrogen) atoms. The van der Waals surface area contributed by atoms with Gasteiger partial charge in [-0.15, -0.1) is 0 Å². The Kier molecular flexibility index (Phi) is 2.41. The third kappa shape index (κ3) is 1.88. The van der Waals surface area contributed by atoms with Gasteiger partial charge in [-0.2, -0.15) is 0 Å². The Morgan fingerprint density at radius 2 is 2.14 bits per heavy atom. The summed E-state index contributed by atoms with van der Waals surface area (Å²) in [6.45, 7) is 1.97. The van der Waals surface area contributed by atoms with E-state index in [2.05, 4.69) is 20.6 Å². The number of amides is 1. The van der Waals surface area contributed by atoms with E-state index in [1.165, 1.54) is 0 Å². The van der Waals surface area contributed by atoms with Crippen LogP contribution in [0.3, 0.4) is 0 Å². The van der Waals surface area contributed by atoms with E-state index in [1.807, 2.05) is 6.92 Å². The standard InChI is InChI=1S/C9H12N4O/c1-6-5-7(14)13-9(12-6)8-10-3-2-4-11-8/h2-4,6,9,12H,5H2,1H3,(H,13,14). The number of carbonyl (C=O) groups is 1. The molecule has 2 atom stereocenters. The number of nitrogens with zero attached hydrogens (tertiary/aromatic N) is 2. The second-order valence-electron chi connectivity index (χ2n) is 3.38. The van der Waals surface area contributed by atoms with Crippen LogP contribution < -0.4 is 10.6 Å². The predicted molar refractivity (Wildman–Crippen MR) is 50.1 cm³/mol. The van der Waals surface area contributed by atoms with Crippen molar-refractivity contribution in [2.75, 3.05) is 0 Å². The molecule has 74 valence electrons. The van der Waals surface area contributed by atoms with Crippen molar-refractivity contribution in [3.05, 3.63) is 24.3 Å². The molecule has 1 fully saturated rings. The van der Waals surface area contributed by atoms with Gasteiger partial charge in [0.15, 0.2) is 5.82 Å². The molecule has 0 spiro atoms. The number of carbonyl (C=O) groups excluding carboxylic acids is 1. The van der Waals surface area contributed by atoms with E-state index < -0.39 is 0 Å². The number of hydrogen-bond acceptors (Lipinski definition) is 4. The molecule has 1 saturated heterocycles. The summed E-state index contributed by atoms with van der Waals surface area (Å²) in [6, 6.07) is 1.91. The van der Waals surface area contributed by atoms with Crippen molar-refractivity contribution < 1.29 is 4.79 Å². The fourth-order valence-electron chi connectivity index (χ4n) is 1.48. The number of hydrogen-bond donors (Lipinski definition) is 2. The molecule has 2 unspecified atom stereocenters. The first-order valence-corrected chi connectivity index (χ1v) is 4.58. The van der Waals surface area contributed by atoms with Crippen molar-refractivity contribution in [2.45, 2.75) is 25.6 Å². The molecule has 1 aromatic rings. The zero-order valence-corrected chi connectivity index (χ0v) is 7.90. The average Bonchev–Trinajstić information content (AvgIpc) is 2.18. The molecule has 1 aliphatic rings. The third-order valence-electron chi connectivity index (χ3n) is 2.09. The molecule has 0 radical (unpaired) electrons. The lowest BCUT2D eigenvalue weighted by Gasteiger charge is -2.28. The minimum atomic E-state index is -0.257. The largest absolute Gasteiger partial charge is 0.334 e. The number of nitrogens with one attached hydrogen (secondary N) is 2. The lowest BCUT2D eigenvalue weighted by atomic mass is 10.1. The molecule has 2 rings (SSSR count). The van der Waals surface area contributed by atoms with Gasteiger partial charge in [-0.25, -0.2) is 9.97 Å². The summed E-state index contributed by atoms with van der Waals surface area (Å²) < 4.78 is 0. The summed E-state index contributed by atoms with van der Waals surface area (Å²) in [6.07, 6.45) is 3.57. The van der Waals surface area contributed by atoms with Crippen LogP contribution in [0.4, 0.5) is 0 Å². The SMILES string of the molecule is CC1CC(=O)NC(c2ncccn2)N1. The Hall–Kier alpha value is -1.49. The van der Waals surface area contributed by atoms with E-state index in [0.29, 0.717) is 12.2 Å².